The Bertz CT molecular complexity index is 839. The Hall–Kier alpha value is -2.97. The van der Waals surface area contributed by atoms with Gasteiger partial charge in [0.25, 0.3) is 5.91 Å². The van der Waals surface area contributed by atoms with Crippen LogP contribution < -0.4 is 10.6 Å². The summed E-state index contributed by atoms with van der Waals surface area (Å²) in [5.74, 6) is -1.69. The van der Waals surface area contributed by atoms with Gasteiger partial charge in [-0.05, 0) is 25.0 Å². The number of nitrogens with one attached hydrogen (secondary N) is 2. The molecule has 0 radical (unpaired) electrons. The molecule has 2 N–H and O–H groups in total. The van der Waals surface area contributed by atoms with Gasteiger partial charge in [-0.1, -0.05) is 0 Å². The van der Waals surface area contributed by atoms with Crippen molar-refractivity contribution in [2.45, 2.75) is 18.4 Å². The van der Waals surface area contributed by atoms with Crippen LogP contribution in [0.5, 0.6) is 0 Å². The van der Waals surface area contributed by atoms with Gasteiger partial charge in [-0.3, -0.25) is 14.3 Å². The van der Waals surface area contributed by atoms with Crippen LogP contribution in [0.3, 0.4) is 0 Å². The fourth-order valence-corrected chi connectivity index (χ4v) is 3.33. The molecule has 3 rings (SSSR count). The largest absolute Gasteiger partial charge is 0.357 e. The van der Waals surface area contributed by atoms with E-state index in [1.807, 2.05) is 0 Å². The maximum Gasteiger partial charge on any atom is 0.254 e. The third kappa shape index (κ3) is 3.91. The summed E-state index contributed by atoms with van der Waals surface area (Å²) < 4.78 is 28.4. The average Bonchev–Trinajstić information content (AvgIpc) is 3.04. The molecular formula is C18H21F2N5O2. The zero-order chi connectivity index (χ0) is 19.6. The molecule has 0 unspecified atom stereocenters. The van der Waals surface area contributed by atoms with Gasteiger partial charge in [0.2, 0.25) is 5.91 Å². The van der Waals surface area contributed by atoms with Crippen LogP contribution in [0.2, 0.25) is 0 Å². The first-order valence-electron chi connectivity index (χ1n) is 8.58. The van der Waals surface area contributed by atoms with E-state index in [0.717, 1.165) is 18.2 Å². The number of nitrogens with zero attached hydrogens (tertiary/aromatic N) is 3. The number of aromatic nitrogens is 2. The molecule has 1 aliphatic rings. The van der Waals surface area contributed by atoms with Crippen molar-refractivity contribution in [3.8, 4) is 0 Å². The summed E-state index contributed by atoms with van der Waals surface area (Å²) in [6, 6.07) is 4.51. The van der Waals surface area contributed by atoms with Crippen LogP contribution in [0, 0.1) is 11.6 Å². The van der Waals surface area contributed by atoms with E-state index in [1.54, 1.807) is 31.0 Å². The van der Waals surface area contributed by atoms with Crippen molar-refractivity contribution in [3.05, 3.63) is 47.7 Å². The van der Waals surface area contributed by atoms with E-state index in [-0.39, 0.29) is 24.6 Å². The van der Waals surface area contributed by atoms with E-state index in [9.17, 15) is 18.4 Å². The number of rotatable bonds is 4. The minimum Gasteiger partial charge on any atom is -0.357 e. The molecule has 2 amide bonds. The van der Waals surface area contributed by atoms with E-state index in [2.05, 4.69) is 15.7 Å². The van der Waals surface area contributed by atoms with Crippen molar-refractivity contribution >= 4 is 17.6 Å². The third-order valence-corrected chi connectivity index (χ3v) is 4.76. The molecule has 1 saturated heterocycles. The van der Waals surface area contributed by atoms with Crippen LogP contribution in [0.1, 0.15) is 23.2 Å². The zero-order valence-corrected chi connectivity index (χ0v) is 15.1. The van der Waals surface area contributed by atoms with Gasteiger partial charge in [0.05, 0.1) is 0 Å². The Morgan fingerprint density at radius 2 is 1.78 bits per heavy atom. The lowest BCUT2D eigenvalue weighted by atomic mass is 9.86. The van der Waals surface area contributed by atoms with Crippen LogP contribution in [0.25, 0.3) is 0 Å². The molecule has 1 aliphatic heterocycles. The van der Waals surface area contributed by atoms with Crippen molar-refractivity contribution in [2.75, 3.05) is 25.5 Å². The van der Waals surface area contributed by atoms with Gasteiger partial charge < -0.3 is 15.5 Å². The molecule has 0 bridgehead atoms. The summed E-state index contributed by atoms with van der Waals surface area (Å²) in [6.07, 6.45) is 2.44. The Kier molecular flexibility index (Phi) is 5.11. The molecule has 0 aliphatic carbocycles. The molecule has 144 valence electrons. The van der Waals surface area contributed by atoms with E-state index in [4.69, 9.17) is 0 Å². The minimum atomic E-state index is -0.910. The molecule has 0 atom stereocenters. The summed E-state index contributed by atoms with van der Waals surface area (Å²) in [5.41, 5.74) is -0.954. The second-order valence-electron chi connectivity index (χ2n) is 6.61. The summed E-state index contributed by atoms with van der Waals surface area (Å²) in [5, 5.41) is 10.1. The first-order chi connectivity index (χ1) is 12.8. The van der Waals surface area contributed by atoms with Crippen molar-refractivity contribution in [3.63, 3.8) is 0 Å². The first kappa shape index (κ1) is 18.8. The second-order valence-corrected chi connectivity index (χ2v) is 6.61. The molecular weight excluding hydrogens is 356 g/mol. The van der Waals surface area contributed by atoms with Gasteiger partial charge in [0.1, 0.15) is 23.0 Å². The van der Waals surface area contributed by atoms with E-state index in [0.29, 0.717) is 18.7 Å². The lowest BCUT2D eigenvalue weighted by Gasteiger charge is -2.41. The number of likely N-dealkylation sites (N-methyl/N-ethyl adjacent to an activating group) is 1. The fraction of sp³-hybridized carbons (Fsp3) is 0.389. The van der Waals surface area contributed by atoms with Crippen LogP contribution in [-0.4, -0.2) is 52.2 Å². The standard InChI is InChI=1S/C18H21F2N5O2/c1-21-17(27)18(22-15-3-6-24(2)23-15)4-7-25(8-5-18)16(26)12-9-13(19)11-14(20)10-12/h3,6,9-11H,4-5,7-8H2,1-2H3,(H,21,27)(H,22,23). The quantitative estimate of drug-likeness (QED) is 0.847. The van der Waals surface area contributed by atoms with E-state index >= 15 is 0 Å². The SMILES string of the molecule is CNC(=O)C1(Nc2ccn(C)n2)CCN(C(=O)c2cc(F)cc(F)c2)CC1. The number of aryl methyl sites for hydroxylation is 1. The normalized spacial score (nSPS) is 16.1. The predicted molar refractivity (Wildman–Crippen MR) is 95.1 cm³/mol. The zero-order valence-electron chi connectivity index (χ0n) is 15.1. The smallest absolute Gasteiger partial charge is 0.254 e. The number of carbonyl (C=O) groups is 2. The number of carbonyl (C=O) groups excluding carboxylic acids is 2. The monoisotopic (exact) mass is 377 g/mol. The highest BCUT2D eigenvalue weighted by Crippen LogP contribution is 2.28. The summed E-state index contributed by atoms with van der Waals surface area (Å²) >= 11 is 0. The Labute approximate surface area is 155 Å². The molecule has 2 aromatic rings. The molecule has 9 heteroatoms. The molecule has 1 aromatic heterocycles. The Morgan fingerprint density at radius 3 is 2.30 bits per heavy atom. The van der Waals surface area contributed by atoms with Crippen molar-refractivity contribution in [1.82, 2.24) is 20.0 Å². The van der Waals surface area contributed by atoms with Gasteiger partial charge >= 0.3 is 0 Å². The predicted octanol–water partition coefficient (Wildman–Crippen LogP) is 1.53. The number of halogens is 2. The fourth-order valence-electron chi connectivity index (χ4n) is 3.33. The first-order valence-corrected chi connectivity index (χ1v) is 8.58. The Morgan fingerprint density at radius 1 is 1.15 bits per heavy atom. The third-order valence-electron chi connectivity index (χ3n) is 4.76. The maximum absolute atomic E-state index is 13.4. The summed E-state index contributed by atoms with van der Waals surface area (Å²) in [4.78, 5) is 26.6. The average molecular weight is 377 g/mol. The van der Waals surface area contributed by atoms with E-state index in [1.165, 1.54) is 4.90 Å². The number of benzene rings is 1. The molecule has 0 spiro atoms. The van der Waals surface area contributed by atoms with Crippen LogP contribution >= 0.6 is 0 Å². The van der Waals surface area contributed by atoms with Crippen LogP contribution in [-0.2, 0) is 11.8 Å². The van der Waals surface area contributed by atoms with Crippen molar-refractivity contribution in [2.24, 2.45) is 7.05 Å². The van der Waals surface area contributed by atoms with Crippen LogP contribution in [0.15, 0.2) is 30.5 Å². The topological polar surface area (TPSA) is 79.3 Å². The maximum atomic E-state index is 13.4. The van der Waals surface area contributed by atoms with Crippen LogP contribution in [0.4, 0.5) is 14.6 Å². The highest BCUT2D eigenvalue weighted by atomic mass is 19.1. The molecule has 1 fully saturated rings. The highest BCUT2D eigenvalue weighted by molar-refractivity contribution is 5.95. The van der Waals surface area contributed by atoms with Gasteiger partial charge in [-0.25, -0.2) is 8.78 Å². The Balaban J connectivity index is 1.75. The lowest BCUT2D eigenvalue weighted by Crippen LogP contribution is -2.58. The molecule has 1 aromatic carbocycles. The van der Waals surface area contributed by atoms with Gasteiger partial charge in [-0.15, -0.1) is 0 Å². The van der Waals surface area contributed by atoms with Crippen molar-refractivity contribution < 1.29 is 18.4 Å². The van der Waals surface area contributed by atoms with Crippen molar-refractivity contribution in [1.29, 1.82) is 0 Å². The van der Waals surface area contributed by atoms with E-state index < -0.39 is 23.1 Å². The summed E-state index contributed by atoms with van der Waals surface area (Å²) in [6.45, 7) is 0.536. The molecule has 2 heterocycles. The number of likely N-dealkylation sites (tertiary alicyclic amines) is 1. The van der Waals surface area contributed by atoms with Gasteiger partial charge in [0.15, 0.2) is 0 Å². The molecule has 0 saturated carbocycles. The number of amides is 2. The number of anilines is 1. The van der Waals surface area contributed by atoms with Gasteiger partial charge in [-0.2, -0.15) is 5.10 Å². The number of hydrogen-bond donors (Lipinski definition) is 2. The van der Waals surface area contributed by atoms with Gasteiger partial charge in [0, 0.05) is 51.1 Å². The highest BCUT2D eigenvalue weighted by Gasteiger charge is 2.42. The molecule has 7 nitrogen and oxygen atoms in total. The number of hydrogen-bond acceptors (Lipinski definition) is 4. The lowest BCUT2D eigenvalue weighted by molar-refractivity contribution is -0.126. The molecule has 27 heavy (non-hydrogen) atoms. The summed E-state index contributed by atoms with van der Waals surface area (Å²) in [7, 11) is 3.33. The minimum absolute atomic E-state index is 0.0439. The number of piperidine rings is 1. The second kappa shape index (κ2) is 7.34.